The molecule has 1 aliphatic heterocycles. The minimum absolute atomic E-state index is 0.117. The number of anilines is 2. The van der Waals surface area contributed by atoms with Crippen molar-refractivity contribution in [2.45, 2.75) is 25.4 Å². The van der Waals surface area contributed by atoms with Crippen molar-refractivity contribution < 1.29 is 19.4 Å². The average molecular weight is 542 g/mol. The van der Waals surface area contributed by atoms with E-state index in [0.29, 0.717) is 28.7 Å². The lowest BCUT2D eigenvalue weighted by molar-refractivity contribution is -0.115. The first-order chi connectivity index (χ1) is 18.9. The first-order valence-electron chi connectivity index (χ1n) is 12.4. The summed E-state index contributed by atoms with van der Waals surface area (Å²) in [7, 11) is 1.55. The summed E-state index contributed by atoms with van der Waals surface area (Å²) in [5, 5.41) is 16.4. The number of aromatic carboxylic acids is 1. The lowest BCUT2D eigenvalue weighted by Gasteiger charge is -2.29. The van der Waals surface area contributed by atoms with E-state index in [1.54, 1.807) is 44.5 Å². The fourth-order valence-corrected chi connectivity index (χ4v) is 5.11. The van der Waals surface area contributed by atoms with Gasteiger partial charge in [0, 0.05) is 41.9 Å². The summed E-state index contributed by atoms with van der Waals surface area (Å²) < 4.78 is 7.58. The third-order valence-corrected chi connectivity index (χ3v) is 6.93. The van der Waals surface area contributed by atoms with Crippen molar-refractivity contribution in [3.63, 3.8) is 0 Å². The van der Waals surface area contributed by atoms with Crippen molar-refractivity contribution in [3.05, 3.63) is 102 Å². The van der Waals surface area contributed by atoms with E-state index in [9.17, 15) is 14.7 Å². The summed E-state index contributed by atoms with van der Waals surface area (Å²) in [6.07, 6.45) is 3.98. The molecule has 2 atom stereocenters. The largest absolute Gasteiger partial charge is 0.494 e. The molecule has 2 aromatic carbocycles. The lowest BCUT2D eigenvalue weighted by atomic mass is 10.0. The molecule has 3 heterocycles. The van der Waals surface area contributed by atoms with Crippen LogP contribution in [0.3, 0.4) is 0 Å². The summed E-state index contributed by atoms with van der Waals surface area (Å²) >= 11 is 5.86. The number of nitrogens with zero attached hydrogens (tertiary/aromatic N) is 3. The quantitative estimate of drug-likeness (QED) is 0.264. The van der Waals surface area contributed by atoms with Crippen molar-refractivity contribution in [1.29, 1.82) is 0 Å². The molecule has 3 N–H and O–H groups in total. The van der Waals surface area contributed by atoms with E-state index >= 15 is 0 Å². The Morgan fingerprint density at radius 1 is 1.08 bits per heavy atom. The molecule has 0 spiro atoms. The van der Waals surface area contributed by atoms with Gasteiger partial charge in [-0.05, 0) is 66.8 Å². The minimum Gasteiger partial charge on any atom is -0.494 e. The Morgan fingerprint density at radius 3 is 2.64 bits per heavy atom. The van der Waals surface area contributed by atoms with E-state index in [0.717, 1.165) is 17.1 Å². The third-order valence-electron chi connectivity index (χ3n) is 6.61. The molecule has 0 unspecified atom stereocenters. The van der Waals surface area contributed by atoms with E-state index in [1.165, 1.54) is 0 Å². The van der Waals surface area contributed by atoms with Gasteiger partial charge in [-0.3, -0.25) is 9.78 Å². The normalized spacial score (nSPS) is 16.6. The number of thiocarbonyl (C=S) groups is 1. The zero-order valence-corrected chi connectivity index (χ0v) is 22.2. The van der Waals surface area contributed by atoms with Crippen LogP contribution < -0.4 is 20.3 Å². The highest BCUT2D eigenvalue weighted by Crippen LogP contribution is 2.44. The number of hydrogen-bond donors (Lipinski definition) is 3. The van der Waals surface area contributed by atoms with Crippen molar-refractivity contribution in [2.75, 3.05) is 17.3 Å². The monoisotopic (exact) mass is 541 g/mol. The van der Waals surface area contributed by atoms with Crippen LogP contribution in [0.4, 0.5) is 11.4 Å². The topological polar surface area (TPSA) is 109 Å². The second-order valence-corrected chi connectivity index (χ2v) is 9.33. The highest BCUT2D eigenvalue weighted by Gasteiger charge is 2.42. The van der Waals surface area contributed by atoms with Gasteiger partial charge >= 0.3 is 5.97 Å². The number of rotatable bonds is 8. The van der Waals surface area contributed by atoms with Crippen LogP contribution in [0.2, 0.25) is 0 Å². The SMILES string of the molecule is CCC(=O)Nc1ccc(N2C(=S)N[C@H](c3ccccn3)[C@H]2c2cccn2-c2cccc(C(=O)O)c2)cc1OC. The van der Waals surface area contributed by atoms with Gasteiger partial charge in [0.05, 0.1) is 30.1 Å². The third kappa shape index (κ3) is 5.06. The molecule has 5 rings (SSSR count). The Bertz CT molecular complexity index is 1540. The number of benzene rings is 2. The Balaban J connectivity index is 1.64. The molecule has 0 saturated carbocycles. The molecule has 1 saturated heterocycles. The second kappa shape index (κ2) is 11.0. The van der Waals surface area contributed by atoms with E-state index < -0.39 is 5.97 Å². The molecule has 1 fully saturated rings. The second-order valence-electron chi connectivity index (χ2n) is 8.94. The molecule has 9 nitrogen and oxygen atoms in total. The number of nitrogens with one attached hydrogen (secondary N) is 2. The number of pyridine rings is 1. The van der Waals surface area contributed by atoms with Crippen molar-refractivity contribution in [1.82, 2.24) is 14.9 Å². The van der Waals surface area contributed by atoms with Crippen LogP contribution in [0.1, 0.15) is 47.2 Å². The molecule has 39 heavy (non-hydrogen) atoms. The highest BCUT2D eigenvalue weighted by molar-refractivity contribution is 7.80. The van der Waals surface area contributed by atoms with Gasteiger partial charge < -0.3 is 29.9 Å². The summed E-state index contributed by atoms with van der Waals surface area (Å²) in [6, 6.07) is 21.3. The predicted octanol–water partition coefficient (Wildman–Crippen LogP) is 5.10. The number of carbonyl (C=O) groups excluding carboxylic acids is 1. The van der Waals surface area contributed by atoms with Crippen LogP contribution in [0, 0.1) is 0 Å². The average Bonchev–Trinajstić information content (AvgIpc) is 3.58. The Morgan fingerprint density at radius 2 is 1.92 bits per heavy atom. The molecule has 10 heteroatoms. The summed E-state index contributed by atoms with van der Waals surface area (Å²) in [6.45, 7) is 1.79. The number of ether oxygens (including phenoxy) is 1. The first-order valence-corrected chi connectivity index (χ1v) is 12.8. The van der Waals surface area contributed by atoms with Crippen molar-refractivity contribution in [3.8, 4) is 11.4 Å². The number of carboxylic acid groups (broad SMARTS) is 1. The summed E-state index contributed by atoms with van der Waals surface area (Å²) in [5.41, 5.74) is 3.91. The van der Waals surface area contributed by atoms with E-state index in [2.05, 4.69) is 15.6 Å². The van der Waals surface area contributed by atoms with Gasteiger partial charge in [-0.2, -0.15) is 0 Å². The van der Waals surface area contributed by atoms with Gasteiger partial charge in [0.15, 0.2) is 5.11 Å². The van der Waals surface area contributed by atoms with Gasteiger partial charge in [0.25, 0.3) is 0 Å². The van der Waals surface area contributed by atoms with Gasteiger partial charge in [-0.25, -0.2) is 4.79 Å². The van der Waals surface area contributed by atoms with Gasteiger partial charge in [0.1, 0.15) is 11.8 Å². The zero-order valence-electron chi connectivity index (χ0n) is 21.4. The molecule has 198 valence electrons. The molecule has 1 aliphatic rings. The number of methoxy groups -OCH3 is 1. The number of aromatic nitrogens is 2. The van der Waals surface area contributed by atoms with E-state index in [-0.39, 0.29) is 23.6 Å². The predicted molar refractivity (Wildman–Crippen MR) is 153 cm³/mol. The maximum Gasteiger partial charge on any atom is 0.335 e. The Hall–Kier alpha value is -4.70. The number of hydrogen-bond acceptors (Lipinski definition) is 5. The Kier molecular flexibility index (Phi) is 7.29. The molecule has 2 aromatic heterocycles. The van der Waals surface area contributed by atoms with E-state index in [4.69, 9.17) is 17.0 Å². The van der Waals surface area contributed by atoms with Crippen LogP contribution in [-0.2, 0) is 4.79 Å². The van der Waals surface area contributed by atoms with Crippen molar-refractivity contribution in [2.24, 2.45) is 0 Å². The number of carboxylic acids is 1. The van der Waals surface area contributed by atoms with Crippen LogP contribution >= 0.6 is 12.2 Å². The smallest absolute Gasteiger partial charge is 0.335 e. The molecule has 0 bridgehead atoms. The standard InChI is InChI=1S/C29H27N5O4S/c1-3-25(35)31-21-13-12-20(17-24(21)38-2)34-27(26(32-29(34)39)22-10-4-5-14-30-22)23-11-7-15-33(23)19-9-6-8-18(16-19)28(36)37/h4-17,26-27H,3H2,1-2H3,(H,31,35)(H,32,39)(H,36,37)/t26-,27-/m1/s1. The molecular weight excluding hydrogens is 514 g/mol. The van der Waals surface area contributed by atoms with Crippen LogP contribution in [0.25, 0.3) is 5.69 Å². The zero-order chi connectivity index (χ0) is 27.5. The van der Waals surface area contributed by atoms with Gasteiger partial charge in [0.2, 0.25) is 5.91 Å². The number of amides is 1. The molecule has 4 aromatic rings. The fraction of sp³-hybridized carbons (Fsp3) is 0.172. The lowest BCUT2D eigenvalue weighted by Crippen LogP contribution is -2.30. The summed E-state index contributed by atoms with van der Waals surface area (Å²) in [4.78, 5) is 30.3. The van der Waals surface area contributed by atoms with Crippen molar-refractivity contribution >= 4 is 40.6 Å². The van der Waals surface area contributed by atoms with Crippen LogP contribution in [0.15, 0.2) is 85.2 Å². The molecular formula is C29H27N5O4S. The minimum atomic E-state index is -0.996. The summed E-state index contributed by atoms with van der Waals surface area (Å²) in [5.74, 6) is -0.611. The number of carbonyl (C=O) groups is 2. The molecule has 0 aliphatic carbocycles. The van der Waals surface area contributed by atoms with E-state index in [1.807, 2.05) is 64.2 Å². The molecule has 1 amide bonds. The fourth-order valence-electron chi connectivity index (χ4n) is 4.76. The maximum atomic E-state index is 12.0. The Labute approximate surface area is 231 Å². The van der Waals surface area contributed by atoms with Gasteiger partial charge in [-0.1, -0.05) is 19.1 Å². The maximum absolute atomic E-state index is 12.0. The molecule has 0 radical (unpaired) electrons. The van der Waals surface area contributed by atoms with Crippen LogP contribution in [0.5, 0.6) is 5.75 Å². The van der Waals surface area contributed by atoms with Crippen LogP contribution in [-0.4, -0.2) is 38.8 Å². The van der Waals surface area contributed by atoms with Gasteiger partial charge in [-0.15, -0.1) is 0 Å². The highest BCUT2D eigenvalue weighted by atomic mass is 32.1. The first kappa shape index (κ1) is 25.9.